The summed E-state index contributed by atoms with van der Waals surface area (Å²) < 4.78 is 7.57. The minimum Gasteiger partial charge on any atom is -0.394 e. The maximum atomic E-state index is 12.0. The van der Waals surface area contributed by atoms with Crippen LogP contribution in [0.2, 0.25) is 0 Å². The standard InChI is InChI=1S/C10H14N4O4.C10H14N4O3/c1-12-8-7(9(17)13(2)10(12)18)14(5-11-8)3-6(16)4-15;1-6(15)4-14-5-11-8-7(14)9(16)13(3)10(17)12(8)2/h5-6,15-16H,3-4H2,1-2H3;5-6,15H,4H2,1-3H3. The van der Waals surface area contributed by atoms with Crippen LogP contribution >= 0.6 is 0 Å². The summed E-state index contributed by atoms with van der Waals surface area (Å²) in [7, 11) is 5.88. The molecule has 0 aliphatic rings. The molecule has 190 valence electrons. The second kappa shape index (κ2) is 9.81. The molecule has 0 saturated carbocycles. The molecule has 15 nitrogen and oxygen atoms in total. The maximum absolute atomic E-state index is 12.0. The van der Waals surface area contributed by atoms with Gasteiger partial charge in [-0.05, 0) is 6.92 Å². The predicted octanol–water partition coefficient (Wildman–Crippen LogP) is -3.40. The van der Waals surface area contributed by atoms with Crippen LogP contribution in [-0.2, 0) is 41.3 Å². The number of aryl methyl sites for hydroxylation is 2. The van der Waals surface area contributed by atoms with Crippen LogP contribution in [0.1, 0.15) is 6.92 Å². The molecule has 4 aromatic heterocycles. The van der Waals surface area contributed by atoms with Crippen molar-refractivity contribution in [2.45, 2.75) is 32.2 Å². The van der Waals surface area contributed by atoms with Crippen molar-refractivity contribution in [1.29, 1.82) is 0 Å². The molecule has 3 N–H and O–H groups in total. The number of aromatic nitrogens is 8. The fourth-order valence-electron chi connectivity index (χ4n) is 3.64. The molecule has 0 amide bonds. The zero-order valence-corrected chi connectivity index (χ0v) is 20.0. The van der Waals surface area contributed by atoms with Crippen molar-refractivity contribution < 1.29 is 15.3 Å². The van der Waals surface area contributed by atoms with Crippen molar-refractivity contribution in [3.05, 3.63) is 54.3 Å². The van der Waals surface area contributed by atoms with Crippen LogP contribution < -0.4 is 22.5 Å². The summed E-state index contributed by atoms with van der Waals surface area (Å²) in [5.74, 6) is 0. The number of fused-ring (bicyclic) bond motifs is 2. The summed E-state index contributed by atoms with van der Waals surface area (Å²) in [5.41, 5.74) is -0.600. The van der Waals surface area contributed by atoms with Crippen LogP contribution in [0, 0.1) is 0 Å². The van der Waals surface area contributed by atoms with Crippen LogP contribution in [-0.4, -0.2) is 71.5 Å². The molecule has 2 atom stereocenters. The van der Waals surface area contributed by atoms with E-state index in [-0.39, 0.29) is 24.3 Å². The molecule has 0 radical (unpaired) electrons. The molecule has 0 aliphatic carbocycles. The number of aliphatic hydroxyl groups excluding tert-OH is 3. The van der Waals surface area contributed by atoms with E-state index in [4.69, 9.17) is 5.11 Å². The van der Waals surface area contributed by atoms with E-state index in [0.29, 0.717) is 11.2 Å². The number of imidazole rings is 2. The molecule has 0 spiro atoms. The Morgan fingerprint density at radius 2 is 1.14 bits per heavy atom. The van der Waals surface area contributed by atoms with E-state index in [0.717, 1.165) is 9.13 Å². The van der Waals surface area contributed by atoms with E-state index in [1.54, 1.807) is 18.5 Å². The largest absolute Gasteiger partial charge is 0.394 e. The fraction of sp³-hybridized carbons (Fsp3) is 0.500. The highest BCUT2D eigenvalue weighted by Gasteiger charge is 2.16. The van der Waals surface area contributed by atoms with Gasteiger partial charge in [-0.25, -0.2) is 19.6 Å². The average Bonchev–Trinajstić information content (AvgIpc) is 3.43. The van der Waals surface area contributed by atoms with Crippen LogP contribution in [0.5, 0.6) is 0 Å². The van der Waals surface area contributed by atoms with Crippen LogP contribution in [0.15, 0.2) is 31.8 Å². The van der Waals surface area contributed by atoms with E-state index < -0.39 is 41.3 Å². The van der Waals surface area contributed by atoms with Gasteiger partial charge in [-0.15, -0.1) is 0 Å². The lowest BCUT2D eigenvalue weighted by Gasteiger charge is -2.09. The Hall–Kier alpha value is -3.82. The smallest absolute Gasteiger partial charge is 0.332 e. The molecule has 4 heterocycles. The Morgan fingerprint density at radius 1 is 0.743 bits per heavy atom. The van der Waals surface area contributed by atoms with Crippen molar-refractivity contribution in [1.82, 2.24) is 37.4 Å². The molecule has 0 aliphatic heterocycles. The Morgan fingerprint density at radius 3 is 1.51 bits per heavy atom. The zero-order valence-electron chi connectivity index (χ0n) is 20.0. The quantitative estimate of drug-likeness (QED) is 0.255. The van der Waals surface area contributed by atoms with Crippen molar-refractivity contribution >= 4 is 22.3 Å². The highest BCUT2D eigenvalue weighted by Crippen LogP contribution is 2.07. The molecule has 0 saturated heterocycles. The molecular formula is C20H28N8O7. The first-order chi connectivity index (χ1) is 16.4. The Kier molecular flexibility index (Phi) is 7.23. The highest BCUT2D eigenvalue weighted by molar-refractivity contribution is 5.70. The van der Waals surface area contributed by atoms with Gasteiger partial charge >= 0.3 is 11.4 Å². The third-order valence-corrected chi connectivity index (χ3v) is 5.51. The second-order valence-corrected chi connectivity index (χ2v) is 8.24. The van der Waals surface area contributed by atoms with Gasteiger partial charge in [0.15, 0.2) is 22.3 Å². The average molecular weight is 492 g/mol. The zero-order chi connectivity index (χ0) is 26.2. The summed E-state index contributed by atoms with van der Waals surface area (Å²) in [5, 5.41) is 27.5. The second-order valence-electron chi connectivity index (χ2n) is 8.24. The molecule has 4 rings (SSSR count). The Bertz CT molecular complexity index is 1620. The third-order valence-electron chi connectivity index (χ3n) is 5.51. The van der Waals surface area contributed by atoms with Crippen LogP contribution in [0.3, 0.4) is 0 Å². The first-order valence-electron chi connectivity index (χ1n) is 10.6. The van der Waals surface area contributed by atoms with E-state index in [2.05, 4.69) is 9.97 Å². The third kappa shape index (κ3) is 4.60. The first-order valence-corrected chi connectivity index (χ1v) is 10.6. The molecular weight excluding hydrogens is 464 g/mol. The summed E-state index contributed by atoms with van der Waals surface area (Å²) >= 11 is 0. The van der Waals surface area contributed by atoms with Gasteiger partial charge in [0.1, 0.15) is 0 Å². The normalized spacial score (nSPS) is 13.1. The molecule has 4 aromatic rings. The number of hydrogen-bond acceptors (Lipinski definition) is 9. The van der Waals surface area contributed by atoms with Gasteiger partial charge < -0.3 is 24.5 Å². The number of rotatable bonds is 5. The van der Waals surface area contributed by atoms with Crippen LogP contribution in [0.4, 0.5) is 0 Å². The lowest BCUT2D eigenvalue weighted by Crippen LogP contribution is -2.38. The van der Waals surface area contributed by atoms with Gasteiger partial charge in [-0.1, -0.05) is 0 Å². The predicted molar refractivity (Wildman–Crippen MR) is 125 cm³/mol. The van der Waals surface area contributed by atoms with Gasteiger partial charge in [0.05, 0.1) is 44.6 Å². The molecule has 0 bridgehead atoms. The fourth-order valence-corrected chi connectivity index (χ4v) is 3.64. The summed E-state index contributed by atoms with van der Waals surface area (Å²) in [6, 6.07) is 0. The Labute approximate surface area is 197 Å². The molecule has 15 heteroatoms. The van der Waals surface area contributed by atoms with Gasteiger partial charge in [-0.2, -0.15) is 0 Å². The van der Waals surface area contributed by atoms with Crippen molar-refractivity contribution in [3.8, 4) is 0 Å². The summed E-state index contributed by atoms with van der Waals surface area (Å²) in [6.45, 7) is 1.52. The minimum atomic E-state index is -0.982. The lowest BCUT2D eigenvalue weighted by atomic mass is 10.3. The van der Waals surface area contributed by atoms with E-state index in [1.807, 2.05) is 0 Å². The van der Waals surface area contributed by atoms with Crippen molar-refractivity contribution in [3.63, 3.8) is 0 Å². The van der Waals surface area contributed by atoms with Gasteiger partial charge in [0, 0.05) is 28.2 Å². The monoisotopic (exact) mass is 492 g/mol. The molecule has 0 fully saturated rings. The minimum absolute atomic E-state index is 0.0421. The SMILES string of the molecule is CC(O)Cn1cnc2c1c(=O)n(C)c(=O)n2C.Cn1c(=O)c2c(ncn2CC(O)CO)n(C)c1=O. The van der Waals surface area contributed by atoms with Crippen LogP contribution in [0.25, 0.3) is 22.3 Å². The van der Waals surface area contributed by atoms with Crippen molar-refractivity contribution in [2.75, 3.05) is 6.61 Å². The number of nitrogens with zero attached hydrogens (tertiary/aromatic N) is 8. The molecule has 2 unspecified atom stereocenters. The maximum Gasteiger partial charge on any atom is 0.332 e. The van der Waals surface area contributed by atoms with Gasteiger partial charge in [0.2, 0.25) is 0 Å². The lowest BCUT2D eigenvalue weighted by molar-refractivity contribution is 0.0820. The molecule has 35 heavy (non-hydrogen) atoms. The summed E-state index contributed by atoms with van der Waals surface area (Å²) in [4.78, 5) is 55.3. The van der Waals surface area contributed by atoms with Gasteiger partial charge in [-0.3, -0.25) is 27.9 Å². The first kappa shape index (κ1) is 25.8. The van der Waals surface area contributed by atoms with Crippen molar-refractivity contribution in [2.24, 2.45) is 28.2 Å². The molecule has 0 aromatic carbocycles. The van der Waals surface area contributed by atoms with E-state index >= 15 is 0 Å². The number of hydrogen-bond donors (Lipinski definition) is 3. The Balaban J connectivity index is 0.000000196. The van der Waals surface area contributed by atoms with Gasteiger partial charge in [0.25, 0.3) is 11.1 Å². The van der Waals surface area contributed by atoms with E-state index in [1.165, 1.54) is 47.5 Å². The number of aliphatic hydroxyl groups is 3. The summed E-state index contributed by atoms with van der Waals surface area (Å²) in [6.07, 6.45) is 1.25. The van der Waals surface area contributed by atoms with E-state index in [9.17, 15) is 29.4 Å². The topological polar surface area (TPSA) is 184 Å². The highest BCUT2D eigenvalue weighted by atomic mass is 16.3.